The molecule has 0 bridgehead atoms. The number of Topliss-reactive ketones (excluding diaryl/α,β-unsaturated/α-hetero) is 1. The number of ketones is 1. The van der Waals surface area contributed by atoms with Crippen LogP contribution in [0.3, 0.4) is 0 Å². The first kappa shape index (κ1) is 13.3. The number of thioether (sulfide) groups is 2. The molecule has 2 rings (SSSR count). The summed E-state index contributed by atoms with van der Waals surface area (Å²) in [4.78, 5) is 12.1. The molecule has 1 fully saturated rings. The Morgan fingerprint density at radius 2 is 2.35 bits per heavy atom. The van der Waals surface area contributed by atoms with Crippen LogP contribution in [0, 0.1) is 6.92 Å². The summed E-state index contributed by atoms with van der Waals surface area (Å²) in [7, 11) is 1.84. The van der Waals surface area contributed by atoms with E-state index >= 15 is 0 Å². The van der Waals surface area contributed by atoms with Crippen LogP contribution >= 0.6 is 35.1 Å². The third kappa shape index (κ3) is 3.01. The topological polar surface area (TPSA) is 34.9 Å². The van der Waals surface area contributed by atoms with Gasteiger partial charge in [-0.2, -0.15) is 16.9 Å². The number of carbonyl (C=O) groups excluding carboxylic acids is 1. The first-order valence-corrected chi connectivity index (χ1v) is 8.07. The minimum atomic E-state index is 0.125. The van der Waals surface area contributed by atoms with Crippen molar-refractivity contribution in [3.63, 3.8) is 0 Å². The van der Waals surface area contributed by atoms with E-state index in [2.05, 4.69) is 5.10 Å². The molecule has 3 nitrogen and oxygen atoms in total. The third-order valence-corrected chi connectivity index (χ3v) is 6.07. The van der Waals surface area contributed by atoms with Crippen LogP contribution in [-0.2, 0) is 18.3 Å². The van der Waals surface area contributed by atoms with E-state index in [0.717, 1.165) is 28.6 Å². The van der Waals surface area contributed by atoms with Gasteiger partial charge in [0.2, 0.25) is 0 Å². The minimum Gasteiger partial charge on any atom is -0.298 e. The van der Waals surface area contributed by atoms with Crippen molar-refractivity contribution >= 4 is 40.9 Å². The van der Waals surface area contributed by atoms with Gasteiger partial charge in [0.25, 0.3) is 0 Å². The molecule has 0 amide bonds. The van der Waals surface area contributed by atoms with Crippen molar-refractivity contribution in [2.45, 2.75) is 18.6 Å². The summed E-state index contributed by atoms with van der Waals surface area (Å²) in [6.07, 6.45) is 0.397. The molecule has 1 aliphatic heterocycles. The highest BCUT2D eigenvalue weighted by Crippen LogP contribution is 2.27. The van der Waals surface area contributed by atoms with Crippen LogP contribution < -0.4 is 0 Å². The number of rotatable bonds is 3. The zero-order valence-corrected chi connectivity index (χ0v) is 12.3. The first-order chi connectivity index (χ1) is 8.09. The van der Waals surface area contributed by atoms with Crippen LogP contribution in [-0.4, -0.2) is 38.1 Å². The highest BCUT2D eigenvalue weighted by atomic mass is 35.5. The van der Waals surface area contributed by atoms with Gasteiger partial charge in [0.15, 0.2) is 5.78 Å². The van der Waals surface area contributed by atoms with Gasteiger partial charge in [-0.05, 0) is 6.92 Å². The molecule has 1 aliphatic rings. The molecular formula is C11H15ClN2OS2. The maximum absolute atomic E-state index is 12.1. The number of hydrogen-bond acceptors (Lipinski definition) is 4. The fourth-order valence-electron chi connectivity index (χ4n) is 1.82. The second-order valence-electron chi connectivity index (χ2n) is 4.05. The summed E-state index contributed by atoms with van der Waals surface area (Å²) >= 11 is 9.77. The van der Waals surface area contributed by atoms with Gasteiger partial charge in [-0.3, -0.25) is 9.48 Å². The number of halogens is 1. The Morgan fingerprint density at radius 1 is 1.59 bits per heavy atom. The molecule has 17 heavy (non-hydrogen) atoms. The Morgan fingerprint density at radius 3 is 2.88 bits per heavy atom. The predicted molar refractivity (Wildman–Crippen MR) is 75.2 cm³/mol. The number of aromatic nitrogens is 2. The molecule has 0 N–H and O–H groups in total. The molecule has 0 aliphatic carbocycles. The van der Waals surface area contributed by atoms with Crippen LogP contribution in [0.4, 0.5) is 0 Å². The van der Waals surface area contributed by atoms with E-state index in [1.54, 1.807) is 16.4 Å². The van der Waals surface area contributed by atoms with Gasteiger partial charge in [-0.1, -0.05) is 11.6 Å². The third-order valence-electron chi connectivity index (χ3n) is 2.78. The van der Waals surface area contributed by atoms with E-state index in [9.17, 15) is 4.79 Å². The first-order valence-electron chi connectivity index (χ1n) is 5.49. The van der Waals surface area contributed by atoms with Crippen molar-refractivity contribution in [2.75, 3.05) is 17.3 Å². The van der Waals surface area contributed by atoms with Gasteiger partial charge in [-0.15, -0.1) is 11.8 Å². The van der Waals surface area contributed by atoms with Gasteiger partial charge in [0.05, 0.1) is 28.1 Å². The summed E-state index contributed by atoms with van der Waals surface area (Å²) in [5, 5.41) is 4.99. The molecule has 0 aromatic carbocycles. The Kier molecular flexibility index (Phi) is 4.44. The number of nitrogens with zero attached hydrogens (tertiary/aromatic N) is 2. The maximum atomic E-state index is 12.1. The molecule has 0 radical (unpaired) electrons. The molecule has 1 atom stereocenters. The van der Waals surface area contributed by atoms with E-state index in [1.807, 2.05) is 25.7 Å². The summed E-state index contributed by atoms with van der Waals surface area (Å²) < 4.78 is 1.72. The molecule has 94 valence electrons. The van der Waals surface area contributed by atoms with Crippen LogP contribution in [0.15, 0.2) is 0 Å². The lowest BCUT2D eigenvalue weighted by molar-refractivity contribution is -0.117. The van der Waals surface area contributed by atoms with Crippen molar-refractivity contribution in [2.24, 2.45) is 7.05 Å². The lowest BCUT2D eigenvalue weighted by atomic mass is 10.1. The molecule has 0 spiro atoms. The lowest BCUT2D eigenvalue weighted by Gasteiger charge is -2.19. The van der Waals surface area contributed by atoms with Crippen molar-refractivity contribution in [1.82, 2.24) is 9.78 Å². The van der Waals surface area contributed by atoms with Crippen molar-refractivity contribution in [3.05, 3.63) is 16.4 Å². The van der Waals surface area contributed by atoms with Crippen molar-refractivity contribution in [3.8, 4) is 0 Å². The van der Waals surface area contributed by atoms with Crippen molar-refractivity contribution < 1.29 is 4.79 Å². The van der Waals surface area contributed by atoms with E-state index in [-0.39, 0.29) is 11.0 Å². The zero-order chi connectivity index (χ0) is 12.4. The van der Waals surface area contributed by atoms with E-state index in [0.29, 0.717) is 11.4 Å². The van der Waals surface area contributed by atoms with Gasteiger partial charge in [0.1, 0.15) is 0 Å². The highest BCUT2D eigenvalue weighted by molar-refractivity contribution is 8.07. The monoisotopic (exact) mass is 290 g/mol. The fourth-order valence-corrected chi connectivity index (χ4v) is 4.70. The number of aryl methyl sites for hydroxylation is 2. The average molecular weight is 291 g/mol. The van der Waals surface area contributed by atoms with E-state index < -0.39 is 0 Å². The van der Waals surface area contributed by atoms with E-state index in [4.69, 9.17) is 11.6 Å². The van der Waals surface area contributed by atoms with Crippen molar-refractivity contribution in [1.29, 1.82) is 0 Å². The molecule has 1 aromatic rings. The Bertz CT molecular complexity index is 427. The smallest absolute Gasteiger partial charge is 0.152 e. The Labute approximate surface area is 115 Å². The largest absolute Gasteiger partial charge is 0.298 e. The van der Waals surface area contributed by atoms with Gasteiger partial charge < -0.3 is 0 Å². The Balaban J connectivity index is 2.07. The fraction of sp³-hybridized carbons (Fsp3) is 0.636. The molecule has 0 saturated carbocycles. The van der Waals surface area contributed by atoms with Crippen LogP contribution in [0.5, 0.6) is 0 Å². The summed E-state index contributed by atoms with van der Waals surface area (Å²) in [5.41, 5.74) is 1.63. The Hall–Kier alpha value is -0.130. The summed E-state index contributed by atoms with van der Waals surface area (Å²) in [6.45, 7) is 1.86. The summed E-state index contributed by atoms with van der Waals surface area (Å²) in [6, 6.07) is 0. The lowest BCUT2D eigenvalue weighted by Crippen LogP contribution is -2.26. The SMILES string of the molecule is Cc1nn(C)c(CC(=O)C2CSCCS2)c1Cl. The van der Waals surface area contributed by atoms with Crippen LogP contribution in [0.2, 0.25) is 5.02 Å². The molecule has 1 saturated heterocycles. The average Bonchev–Trinajstić information content (AvgIpc) is 2.57. The van der Waals surface area contributed by atoms with E-state index in [1.165, 1.54) is 0 Å². The second-order valence-corrected chi connectivity index (χ2v) is 6.89. The molecule has 1 unspecified atom stereocenters. The molecular weight excluding hydrogens is 276 g/mol. The quantitative estimate of drug-likeness (QED) is 0.856. The molecule has 2 heterocycles. The zero-order valence-electron chi connectivity index (χ0n) is 9.90. The van der Waals surface area contributed by atoms with Gasteiger partial charge in [-0.25, -0.2) is 0 Å². The van der Waals surface area contributed by atoms with Gasteiger partial charge in [0, 0.05) is 24.3 Å². The second kappa shape index (κ2) is 5.67. The maximum Gasteiger partial charge on any atom is 0.152 e. The number of carbonyl (C=O) groups is 1. The minimum absolute atomic E-state index is 0.125. The van der Waals surface area contributed by atoms with Crippen LogP contribution in [0.25, 0.3) is 0 Å². The molecule has 6 heteroatoms. The molecule has 1 aromatic heterocycles. The normalized spacial score (nSPS) is 20.5. The van der Waals surface area contributed by atoms with Crippen LogP contribution in [0.1, 0.15) is 11.4 Å². The predicted octanol–water partition coefficient (Wildman–Crippen LogP) is 2.34. The highest BCUT2D eigenvalue weighted by Gasteiger charge is 2.24. The summed E-state index contributed by atoms with van der Waals surface area (Å²) in [5.74, 6) is 3.42. The number of hydrogen-bond donors (Lipinski definition) is 0. The standard InChI is InChI=1S/C11H15ClN2OS2/c1-7-11(12)8(14(2)13-7)5-9(15)10-6-16-3-4-17-10/h10H,3-6H2,1-2H3. The van der Waals surface area contributed by atoms with Gasteiger partial charge >= 0.3 is 0 Å².